The van der Waals surface area contributed by atoms with Gasteiger partial charge in [0.05, 0.1) is 5.52 Å². The summed E-state index contributed by atoms with van der Waals surface area (Å²) in [6.07, 6.45) is 0. The molecule has 0 unspecified atom stereocenters. The van der Waals surface area contributed by atoms with Crippen molar-refractivity contribution in [1.82, 2.24) is 10.2 Å². The lowest BCUT2D eigenvalue weighted by Crippen LogP contribution is -2.12. The molecule has 0 atom stereocenters. The van der Waals surface area contributed by atoms with Crippen molar-refractivity contribution >= 4 is 40.1 Å². The van der Waals surface area contributed by atoms with Crippen LogP contribution >= 0.6 is 12.2 Å². The van der Waals surface area contributed by atoms with Crippen molar-refractivity contribution in [3.05, 3.63) is 59.8 Å². The maximum absolute atomic E-state index is 12.3. The van der Waals surface area contributed by atoms with Gasteiger partial charge in [0.2, 0.25) is 0 Å². The fraction of sp³-hybridized carbons (Fsp3) is 0. The van der Waals surface area contributed by atoms with E-state index in [0.29, 0.717) is 11.4 Å². The fourth-order valence-electron chi connectivity index (χ4n) is 2.02. The molecule has 2 aromatic carbocycles. The lowest BCUT2D eigenvalue weighted by atomic mass is 10.2. The standard InChI is InChI=1S/C15H11N3OS/c19-15(16-11-5-3-4-10(8-11)9-20)14-12-6-1-2-7-13(12)17-18-14/h1-9H,(H,16,19)(H,17,18). The molecule has 0 radical (unpaired) electrons. The van der Waals surface area contributed by atoms with Crippen LogP contribution in [0.25, 0.3) is 10.9 Å². The second-order valence-corrected chi connectivity index (χ2v) is 4.55. The van der Waals surface area contributed by atoms with Crippen LogP contribution in [-0.4, -0.2) is 21.5 Å². The maximum Gasteiger partial charge on any atom is 0.276 e. The molecule has 1 heterocycles. The molecular weight excluding hydrogens is 270 g/mol. The Morgan fingerprint density at radius 2 is 2.05 bits per heavy atom. The van der Waals surface area contributed by atoms with Crippen molar-refractivity contribution < 1.29 is 4.79 Å². The van der Waals surface area contributed by atoms with Crippen LogP contribution in [0.3, 0.4) is 0 Å². The van der Waals surface area contributed by atoms with Crippen LogP contribution in [0.1, 0.15) is 16.1 Å². The average molecular weight is 281 g/mol. The first kappa shape index (κ1) is 12.5. The Labute approximate surface area is 120 Å². The molecule has 98 valence electrons. The molecule has 0 saturated carbocycles. The lowest BCUT2D eigenvalue weighted by molar-refractivity contribution is 0.102. The van der Waals surface area contributed by atoms with Gasteiger partial charge in [0.15, 0.2) is 5.69 Å². The third kappa shape index (κ3) is 2.31. The topological polar surface area (TPSA) is 57.8 Å². The molecule has 0 aliphatic heterocycles. The fourth-order valence-corrected chi connectivity index (χ4v) is 2.16. The summed E-state index contributed by atoms with van der Waals surface area (Å²) in [7, 11) is 0. The Morgan fingerprint density at radius 3 is 2.90 bits per heavy atom. The summed E-state index contributed by atoms with van der Waals surface area (Å²) in [6, 6.07) is 14.9. The largest absolute Gasteiger partial charge is 0.321 e. The number of thiocarbonyl (C=S) groups is 1. The SMILES string of the molecule is O=C(Nc1cccc(C=S)c1)c1n[nH]c2ccccc12. The van der Waals surface area contributed by atoms with E-state index >= 15 is 0 Å². The van der Waals surface area contributed by atoms with Crippen LogP contribution in [-0.2, 0) is 0 Å². The van der Waals surface area contributed by atoms with E-state index in [1.807, 2.05) is 48.5 Å². The monoisotopic (exact) mass is 281 g/mol. The Hall–Kier alpha value is -2.53. The van der Waals surface area contributed by atoms with Crippen molar-refractivity contribution in [3.8, 4) is 0 Å². The number of nitrogens with zero attached hydrogens (tertiary/aromatic N) is 1. The number of carbonyl (C=O) groups is 1. The van der Waals surface area contributed by atoms with Crippen LogP contribution in [0, 0.1) is 0 Å². The van der Waals surface area contributed by atoms with Crippen LogP contribution in [0.5, 0.6) is 0 Å². The number of carbonyl (C=O) groups excluding carboxylic acids is 1. The number of benzene rings is 2. The molecule has 0 aliphatic carbocycles. The van der Waals surface area contributed by atoms with Gasteiger partial charge in [0.25, 0.3) is 5.91 Å². The quantitative estimate of drug-likeness (QED) is 0.725. The van der Waals surface area contributed by atoms with Gasteiger partial charge in [-0.3, -0.25) is 9.89 Å². The number of rotatable bonds is 3. The minimum absolute atomic E-state index is 0.246. The summed E-state index contributed by atoms with van der Waals surface area (Å²) in [5, 5.41) is 12.1. The van der Waals surface area contributed by atoms with Gasteiger partial charge in [-0.2, -0.15) is 5.10 Å². The highest BCUT2D eigenvalue weighted by atomic mass is 32.1. The zero-order valence-corrected chi connectivity index (χ0v) is 11.3. The van der Waals surface area contributed by atoms with Crippen molar-refractivity contribution in [2.24, 2.45) is 0 Å². The Morgan fingerprint density at radius 1 is 1.20 bits per heavy atom. The van der Waals surface area contributed by atoms with E-state index in [1.165, 1.54) is 0 Å². The number of hydrogen-bond acceptors (Lipinski definition) is 3. The molecule has 0 fully saturated rings. The van der Waals surface area contributed by atoms with E-state index in [1.54, 1.807) is 5.37 Å². The summed E-state index contributed by atoms with van der Waals surface area (Å²) < 4.78 is 0. The van der Waals surface area contributed by atoms with Gasteiger partial charge >= 0.3 is 0 Å². The average Bonchev–Trinajstić information content (AvgIpc) is 2.91. The van der Waals surface area contributed by atoms with Gasteiger partial charge in [-0.25, -0.2) is 0 Å². The van der Waals surface area contributed by atoms with E-state index < -0.39 is 0 Å². The van der Waals surface area contributed by atoms with Crippen molar-refractivity contribution in [2.75, 3.05) is 5.32 Å². The Balaban J connectivity index is 1.91. The molecule has 0 saturated heterocycles. The van der Waals surface area contributed by atoms with E-state index in [0.717, 1.165) is 16.5 Å². The molecule has 0 spiro atoms. The van der Waals surface area contributed by atoms with Gasteiger partial charge < -0.3 is 5.32 Å². The Bertz CT molecular complexity index is 794. The number of nitrogens with one attached hydrogen (secondary N) is 2. The molecule has 5 heteroatoms. The van der Waals surface area contributed by atoms with Crippen LogP contribution in [0.2, 0.25) is 0 Å². The highest BCUT2D eigenvalue weighted by Crippen LogP contribution is 2.17. The molecule has 20 heavy (non-hydrogen) atoms. The summed E-state index contributed by atoms with van der Waals surface area (Å²) in [6.45, 7) is 0. The third-order valence-electron chi connectivity index (χ3n) is 2.97. The number of amides is 1. The van der Waals surface area contributed by atoms with Gasteiger partial charge in [-0.05, 0) is 23.8 Å². The number of aromatic amines is 1. The molecule has 2 N–H and O–H groups in total. The summed E-state index contributed by atoms with van der Waals surface area (Å²) in [5.74, 6) is -0.246. The van der Waals surface area contributed by atoms with E-state index in [4.69, 9.17) is 12.2 Å². The molecule has 3 rings (SSSR count). The number of para-hydroxylation sites is 1. The zero-order valence-electron chi connectivity index (χ0n) is 10.5. The number of H-pyrrole nitrogens is 1. The molecule has 0 bridgehead atoms. The minimum Gasteiger partial charge on any atom is -0.321 e. The molecule has 4 nitrogen and oxygen atoms in total. The molecular formula is C15H11N3OS. The van der Waals surface area contributed by atoms with Gasteiger partial charge in [0, 0.05) is 16.4 Å². The predicted molar refractivity (Wildman–Crippen MR) is 83.2 cm³/mol. The maximum atomic E-state index is 12.3. The minimum atomic E-state index is -0.246. The van der Waals surface area contributed by atoms with Crippen LogP contribution < -0.4 is 5.32 Å². The van der Waals surface area contributed by atoms with E-state index in [2.05, 4.69) is 15.5 Å². The Kier molecular flexibility index (Phi) is 3.26. The first-order valence-electron chi connectivity index (χ1n) is 6.07. The van der Waals surface area contributed by atoms with Crippen molar-refractivity contribution in [1.29, 1.82) is 0 Å². The highest BCUT2D eigenvalue weighted by molar-refractivity contribution is 7.79. The van der Waals surface area contributed by atoms with Crippen molar-refractivity contribution in [2.45, 2.75) is 0 Å². The van der Waals surface area contributed by atoms with Crippen LogP contribution in [0.4, 0.5) is 5.69 Å². The summed E-state index contributed by atoms with van der Waals surface area (Å²) in [5.41, 5.74) is 2.80. The van der Waals surface area contributed by atoms with Gasteiger partial charge in [-0.1, -0.05) is 42.5 Å². The van der Waals surface area contributed by atoms with Crippen molar-refractivity contribution in [3.63, 3.8) is 0 Å². The first-order valence-corrected chi connectivity index (χ1v) is 6.55. The van der Waals surface area contributed by atoms with E-state index in [-0.39, 0.29) is 5.91 Å². The molecule has 3 aromatic rings. The molecule has 1 aromatic heterocycles. The molecule has 1 amide bonds. The molecule has 0 aliphatic rings. The van der Waals surface area contributed by atoms with Gasteiger partial charge in [0.1, 0.15) is 0 Å². The van der Waals surface area contributed by atoms with E-state index in [9.17, 15) is 4.79 Å². The number of aromatic nitrogens is 2. The summed E-state index contributed by atoms with van der Waals surface area (Å²) >= 11 is 4.88. The second-order valence-electron chi connectivity index (χ2n) is 4.32. The number of anilines is 1. The smallest absolute Gasteiger partial charge is 0.276 e. The summed E-state index contributed by atoms with van der Waals surface area (Å²) in [4.78, 5) is 12.3. The third-order valence-corrected chi connectivity index (χ3v) is 3.24. The lowest BCUT2D eigenvalue weighted by Gasteiger charge is -2.04. The second kappa shape index (κ2) is 5.22. The first-order chi connectivity index (χ1) is 9.78. The number of hydrogen-bond donors (Lipinski definition) is 2. The highest BCUT2D eigenvalue weighted by Gasteiger charge is 2.13. The van der Waals surface area contributed by atoms with Crippen LogP contribution in [0.15, 0.2) is 48.5 Å². The zero-order chi connectivity index (χ0) is 13.9. The predicted octanol–water partition coefficient (Wildman–Crippen LogP) is 3.16. The normalized spacial score (nSPS) is 10.4. The van der Waals surface area contributed by atoms with Gasteiger partial charge in [-0.15, -0.1) is 0 Å². The number of fused-ring (bicyclic) bond motifs is 1.